The molecule has 0 bridgehead atoms. The van der Waals surface area contributed by atoms with E-state index < -0.39 is 11.2 Å². The number of rotatable bonds is 1. The maximum atomic E-state index is 12.9. The van der Waals surface area contributed by atoms with Gasteiger partial charge in [0.05, 0.1) is 18.8 Å². The first-order valence-electron chi connectivity index (χ1n) is 5.84. The lowest BCUT2D eigenvalue weighted by Gasteiger charge is -2.24. The fourth-order valence-corrected chi connectivity index (χ4v) is 2.29. The van der Waals surface area contributed by atoms with E-state index in [-0.39, 0.29) is 18.3 Å². The highest BCUT2D eigenvalue weighted by atomic mass is 19.1. The molecule has 1 aromatic carbocycles. The van der Waals surface area contributed by atoms with Crippen molar-refractivity contribution >= 4 is 0 Å². The Morgan fingerprint density at radius 3 is 2.63 bits per heavy atom. The predicted molar refractivity (Wildman–Crippen MR) is 65.6 cm³/mol. The molecule has 5 nitrogen and oxygen atoms in total. The number of nitrogens with one attached hydrogen (secondary N) is 2. The van der Waals surface area contributed by atoms with Gasteiger partial charge in [-0.25, -0.2) is 9.18 Å². The van der Waals surface area contributed by atoms with Crippen LogP contribution in [0.1, 0.15) is 22.7 Å². The summed E-state index contributed by atoms with van der Waals surface area (Å²) in [5, 5.41) is 0. The van der Waals surface area contributed by atoms with E-state index in [1.165, 1.54) is 12.1 Å². The molecule has 2 heterocycles. The number of benzene rings is 1. The average Bonchev–Trinajstić information content (AvgIpc) is 2.39. The van der Waals surface area contributed by atoms with Gasteiger partial charge in [-0.15, -0.1) is 0 Å². The second-order valence-electron chi connectivity index (χ2n) is 4.42. The summed E-state index contributed by atoms with van der Waals surface area (Å²) in [5.41, 5.74) is 0.777. The van der Waals surface area contributed by atoms with Gasteiger partial charge in [-0.05, 0) is 17.7 Å². The normalized spacial score (nSPS) is 18.1. The second kappa shape index (κ2) is 4.47. The fourth-order valence-electron chi connectivity index (χ4n) is 2.29. The predicted octanol–water partition coefficient (Wildman–Crippen LogP) is 0.864. The lowest BCUT2D eigenvalue weighted by molar-refractivity contribution is 0.0961. The van der Waals surface area contributed by atoms with E-state index >= 15 is 0 Å². The van der Waals surface area contributed by atoms with Crippen molar-refractivity contribution in [3.05, 3.63) is 67.7 Å². The standard InChI is InChI=1S/C13H11FN2O3/c14-8-3-1-7(2-4-8)9-5-19-6-10-11(9)15-13(18)16-12(10)17/h1-4,9H,5-6H2,(H2,15,16,17,18). The highest BCUT2D eigenvalue weighted by Gasteiger charge is 2.25. The molecule has 3 rings (SSSR count). The molecule has 1 aliphatic heterocycles. The minimum Gasteiger partial charge on any atom is -0.375 e. The first kappa shape index (κ1) is 11.9. The van der Waals surface area contributed by atoms with Crippen molar-refractivity contribution in [2.75, 3.05) is 6.61 Å². The highest BCUT2D eigenvalue weighted by Crippen LogP contribution is 2.28. The van der Waals surface area contributed by atoms with Crippen LogP contribution < -0.4 is 11.2 Å². The van der Waals surface area contributed by atoms with Crippen molar-refractivity contribution in [2.24, 2.45) is 0 Å². The lowest BCUT2D eigenvalue weighted by Crippen LogP contribution is -2.33. The van der Waals surface area contributed by atoms with Gasteiger partial charge in [0.25, 0.3) is 5.56 Å². The number of hydrogen-bond donors (Lipinski definition) is 2. The summed E-state index contributed by atoms with van der Waals surface area (Å²) < 4.78 is 18.3. The Bertz CT molecular complexity index is 718. The van der Waals surface area contributed by atoms with Crippen LogP contribution in [-0.4, -0.2) is 16.6 Å². The summed E-state index contributed by atoms with van der Waals surface area (Å²) >= 11 is 0. The smallest absolute Gasteiger partial charge is 0.325 e. The summed E-state index contributed by atoms with van der Waals surface area (Å²) in [4.78, 5) is 27.9. The largest absolute Gasteiger partial charge is 0.375 e. The van der Waals surface area contributed by atoms with E-state index in [4.69, 9.17) is 4.74 Å². The van der Waals surface area contributed by atoms with Crippen molar-refractivity contribution in [3.63, 3.8) is 0 Å². The molecule has 0 saturated carbocycles. The van der Waals surface area contributed by atoms with E-state index in [9.17, 15) is 14.0 Å². The minimum absolute atomic E-state index is 0.166. The number of ether oxygens (including phenoxy) is 1. The summed E-state index contributed by atoms with van der Waals surface area (Å²) in [7, 11) is 0. The summed E-state index contributed by atoms with van der Waals surface area (Å²) in [6.07, 6.45) is 0. The molecular weight excluding hydrogens is 251 g/mol. The molecule has 98 valence electrons. The van der Waals surface area contributed by atoms with Crippen LogP contribution in [0.3, 0.4) is 0 Å². The molecule has 0 aliphatic carbocycles. The zero-order valence-electron chi connectivity index (χ0n) is 9.90. The van der Waals surface area contributed by atoms with Crippen LogP contribution in [0.25, 0.3) is 0 Å². The van der Waals surface area contributed by atoms with Crippen LogP contribution in [0, 0.1) is 5.82 Å². The number of H-pyrrole nitrogens is 2. The van der Waals surface area contributed by atoms with Crippen LogP contribution >= 0.6 is 0 Å². The van der Waals surface area contributed by atoms with E-state index in [1.54, 1.807) is 12.1 Å². The Morgan fingerprint density at radius 2 is 1.89 bits per heavy atom. The molecule has 0 amide bonds. The third kappa shape index (κ3) is 2.10. The van der Waals surface area contributed by atoms with Gasteiger partial charge < -0.3 is 9.72 Å². The van der Waals surface area contributed by atoms with Crippen molar-refractivity contribution < 1.29 is 9.13 Å². The molecule has 2 N–H and O–H groups in total. The van der Waals surface area contributed by atoms with Crippen LogP contribution in [-0.2, 0) is 11.3 Å². The molecule has 0 saturated heterocycles. The Kier molecular flexibility index (Phi) is 2.79. The summed E-state index contributed by atoms with van der Waals surface area (Å²) in [5.74, 6) is -0.598. The maximum absolute atomic E-state index is 12.9. The van der Waals surface area contributed by atoms with E-state index in [1.807, 2.05) is 0 Å². The zero-order valence-corrected chi connectivity index (χ0v) is 9.90. The van der Waals surface area contributed by atoms with Crippen LogP contribution in [0.2, 0.25) is 0 Å². The van der Waals surface area contributed by atoms with Crippen LogP contribution in [0.15, 0.2) is 33.9 Å². The third-order valence-electron chi connectivity index (χ3n) is 3.23. The maximum Gasteiger partial charge on any atom is 0.325 e. The Morgan fingerprint density at radius 1 is 1.16 bits per heavy atom. The molecule has 1 unspecified atom stereocenters. The molecule has 6 heteroatoms. The van der Waals surface area contributed by atoms with Gasteiger partial charge in [-0.3, -0.25) is 9.78 Å². The van der Waals surface area contributed by atoms with Gasteiger partial charge in [0.1, 0.15) is 5.82 Å². The van der Waals surface area contributed by atoms with Gasteiger partial charge in [0, 0.05) is 11.6 Å². The number of aromatic nitrogens is 2. The second-order valence-corrected chi connectivity index (χ2v) is 4.42. The number of aromatic amines is 2. The quantitative estimate of drug-likeness (QED) is 0.800. The third-order valence-corrected chi connectivity index (χ3v) is 3.23. The summed E-state index contributed by atoms with van der Waals surface area (Å²) in [6, 6.07) is 5.93. The van der Waals surface area contributed by atoms with Crippen molar-refractivity contribution in [3.8, 4) is 0 Å². The van der Waals surface area contributed by atoms with E-state index in [2.05, 4.69) is 9.97 Å². The molecule has 0 spiro atoms. The Labute approximate surface area is 107 Å². The molecular formula is C13H11FN2O3. The van der Waals surface area contributed by atoms with Crippen molar-refractivity contribution in [1.82, 2.24) is 9.97 Å². The summed E-state index contributed by atoms with van der Waals surface area (Å²) in [6.45, 7) is 0.511. The fraction of sp³-hybridized carbons (Fsp3) is 0.231. The Balaban J connectivity index is 2.15. The molecule has 1 aliphatic rings. The molecule has 1 aromatic heterocycles. The SMILES string of the molecule is O=c1[nH]c2c(c(=O)[nH]1)COCC2c1ccc(F)cc1. The van der Waals surface area contributed by atoms with Crippen LogP contribution in [0.4, 0.5) is 4.39 Å². The molecule has 0 radical (unpaired) electrons. The molecule has 19 heavy (non-hydrogen) atoms. The monoisotopic (exact) mass is 262 g/mol. The lowest BCUT2D eigenvalue weighted by atomic mass is 9.92. The Hall–Kier alpha value is -2.21. The van der Waals surface area contributed by atoms with Gasteiger partial charge >= 0.3 is 5.69 Å². The first-order valence-corrected chi connectivity index (χ1v) is 5.84. The van der Waals surface area contributed by atoms with Crippen molar-refractivity contribution in [2.45, 2.75) is 12.5 Å². The number of hydrogen-bond acceptors (Lipinski definition) is 3. The average molecular weight is 262 g/mol. The zero-order chi connectivity index (χ0) is 13.4. The van der Waals surface area contributed by atoms with E-state index in [0.29, 0.717) is 17.9 Å². The van der Waals surface area contributed by atoms with Crippen molar-refractivity contribution in [1.29, 1.82) is 0 Å². The minimum atomic E-state index is -0.544. The van der Waals surface area contributed by atoms with Crippen LogP contribution in [0.5, 0.6) is 0 Å². The molecule has 1 atom stereocenters. The number of fused-ring (bicyclic) bond motifs is 1. The first-order chi connectivity index (χ1) is 9.15. The van der Waals surface area contributed by atoms with Gasteiger partial charge in [0.2, 0.25) is 0 Å². The highest BCUT2D eigenvalue weighted by molar-refractivity contribution is 5.33. The number of halogens is 1. The van der Waals surface area contributed by atoms with Gasteiger partial charge in [-0.1, -0.05) is 12.1 Å². The van der Waals surface area contributed by atoms with Gasteiger partial charge in [-0.2, -0.15) is 0 Å². The van der Waals surface area contributed by atoms with E-state index in [0.717, 1.165) is 5.56 Å². The topological polar surface area (TPSA) is 75.0 Å². The molecule has 2 aromatic rings. The molecule has 0 fully saturated rings. The van der Waals surface area contributed by atoms with Gasteiger partial charge in [0.15, 0.2) is 0 Å².